The van der Waals surface area contributed by atoms with Crippen LogP contribution >= 0.6 is 0 Å². The van der Waals surface area contributed by atoms with Gasteiger partial charge in [-0.25, -0.2) is 18.2 Å². The second-order valence-electron chi connectivity index (χ2n) is 8.24. The number of aromatic hydroxyl groups is 1. The van der Waals surface area contributed by atoms with Gasteiger partial charge in [0.25, 0.3) is 17.9 Å². The molecule has 4 rings (SSSR count). The van der Waals surface area contributed by atoms with Gasteiger partial charge in [-0.05, 0) is 12.1 Å². The standard InChI is InChI=1S/C26H17F3N6O4/c1-35-23(34-20(21(36)25(35)38)24(37)33-16-12-32-39-13-16)19(22(27)28)26(29,17-8-4-2-6-14(17)10-30)18-9-5-3-7-15(18)11-31/h2-9,12-13,19,22,36H,1H3,(H,33,37). The maximum atomic E-state index is 17.7. The Kier molecular flexibility index (Phi) is 7.18. The Morgan fingerprint density at radius 3 is 2.15 bits per heavy atom. The molecule has 13 heteroatoms. The van der Waals surface area contributed by atoms with Crippen molar-refractivity contribution < 1.29 is 27.6 Å². The van der Waals surface area contributed by atoms with Crippen LogP contribution < -0.4 is 10.9 Å². The highest BCUT2D eigenvalue weighted by Crippen LogP contribution is 2.50. The molecule has 0 radical (unpaired) electrons. The number of carbonyl (C=O) groups excluding carboxylic acids is 1. The minimum absolute atomic E-state index is 0.000398. The number of amides is 1. The molecule has 0 fully saturated rings. The zero-order valence-electron chi connectivity index (χ0n) is 20.0. The van der Waals surface area contributed by atoms with Crippen LogP contribution in [-0.4, -0.2) is 32.1 Å². The van der Waals surface area contributed by atoms with Gasteiger partial charge in [-0.2, -0.15) is 10.5 Å². The van der Waals surface area contributed by atoms with Gasteiger partial charge >= 0.3 is 0 Å². The van der Waals surface area contributed by atoms with E-state index in [1.54, 1.807) is 12.1 Å². The number of aromatic nitrogens is 3. The highest BCUT2D eigenvalue weighted by Gasteiger charge is 2.53. The summed E-state index contributed by atoms with van der Waals surface area (Å²) in [4.78, 5) is 29.5. The van der Waals surface area contributed by atoms with E-state index in [9.17, 15) is 25.2 Å². The highest BCUT2D eigenvalue weighted by atomic mass is 19.3. The lowest BCUT2D eigenvalue weighted by atomic mass is 9.74. The van der Waals surface area contributed by atoms with Crippen molar-refractivity contribution in [1.29, 1.82) is 10.5 Å². The van der Waals surface area contributed by atoms with Gasteiger partial charge in [-0.1, -0.05) is 41.6 Å². The first-order valence-corrected chi connectivity index (χ1v) is 11.1. The van der Waals surface area contributed by atoms with E-state index in [2.05, 4.69) is 20.0 Å². The van der Waals surface area contributed by atoms with Crippen molar-refractivity contribution in [1.82, 2.24) is 14.7 Å². The van der Waals surface area contributed by atoms with Crippen molar-refractivity contribution in [3.8, 4) is 17.9 Å². The highest BCUT2D eigenvalue weighted by molar-refractivity contribution is 6.04. The van der Waals surface area contributed by atoms with E-state index in [-0.39, 0.29) is 16.8 Å². The first-order chi connectivity index (χ1) is 18.6. The number of rotatable bonds is 7. The average Bonchev–Trinajstić information content (AvgIpc) is 3.45. The van der Waals surface area contributed by atoms with E-state index in [1.165, 1.54) is 36.4 Å². The molecule has 0 aliphatic heterocycles. The molecular formula is C26H17F3N6O4. The molecule has 0 spiro atoms. The van der Waals surface area contributed by atoms with Gasteiger partial charge < -0.3 is 14.9 Å². The quantitative estimate of drug-likeness (QED) is 0.363. The van der Waals surface area contributed by atoms with Crippen LogP contribution in [0, 0.1) is 22.7 Å². The Hall–Kier alpha value is -5.43. The number of halogens is 3. The van der Waals surface area contributed by atoms with Crippen LogP contribution in [0.15, 0.2) is 70.3 Å². The summed E-state index contributed by atoms with van der Waals surface area (Å²) >= 11 is 0. The molecule has 39 heavy (non-hydrogen) atoms. The van der Waals surface area contributed by atoms with Crippen molar-refractivity contribution in [2.24, 2.45) is 7.05 Å². The fourth-order valence-corrected chi connectivity index (χ4v) is 4.24. The Balaban J connectivity index is 2.06. The molecule has 1 unspecified atom stereocenters. The van der Waals surface area contributed by atoms with Gasteiger partial charge in [0.15, 0.2) is 11.4 Å². The summed E-state index contributed by atoms with van der Waals surface area (Å²) in [5.41, 5.74) is -7.25. The topological polar surface area (TPSA) is 158 Å². The molecule has 0 aliphatic carbocycles. The van der Waals surface area contributed by atoms with Gasteiger partial charge in [-0.3, -0.25) is 14.2 Å². The summed E-state index contributed by atoms with van der Waals surface area (Å²) in [6, 6.07) is 13.6. The summed E-state index contributed by atoms with van der Waals surface area (Å²) < 4.78 is 52.8. The minimum Gasteiger partial charge on any atom is -0.501 e. The lowest BCUT2D eigenvalue weighted by Gasteiger charge is -2.35. The Bertz CT molecular complexity index is 1630. The zero-order valence-corrected chi connectivity index (χ0v) is 20.0. The lowest BCUT2D eigenvalue weighted by Crippen LogP contribution is -2.40. The SMILES string of the molecule is Cn1c(C(C(F)F)C(F)(c2ccccc2C#N)c2ccccc2C#N)nc(C(=O)Nc2cnoc2)c(O)c1=O. The molecule has 1 atom stereocenters. The monoisotopic (exact) mass is 534 g/mol. The number of nitrogens with zero attached hydrogens (tertiary/aromatic N) is 5. The summed E-state index contributed by atoms with van der Waals surface area (Å²) in [5, 5.41) is 35.3. The molecule has 0 aliphatic rings. The van der Waals surface area contributed by atoms with E-state index < -0.39 is 57.9 Å². The first-order valence-electron chi connectivity index (χ1n) is 11.1. The summed E-state index contributed by atoms with van der Waals surface area (Å²) in [6.45, 7) is 0. The molecule has 0 saturated heterocycles. The van der Waals surface area contributed by atoms with Crippen molar-refractivity contribution in [2.75, 3.05) is 5.32 Å². The molecule has 196 valence electrons. The van der Waals surface area contributed by atoms with E-state index >= 15 is 13.2 Å². The number of hydrogen-bond acceptors (Lipinski definition) is 8. The molecule has 4 aromatic rings. The summed E-state index contributed by atoms with van der Waals surface area (Å²) in [6.07, 6.45) is -1.49. The van der Waals surface area contributed by atoms with Gasteiger partial charge in [0.1, 0.15) is 23.7 Å². The molecule has 2 aromatic carbocycles. The maximum Gasteiger partial charge on any atom is 0.296 e. The van der Waals surface area contributed by atoms with E-state index in [0.29, 0.717) is 4.57 Å². The largest absolute Gasteiger partial charge is 0.501 e. The number of benzene rings is 2. The average molecular weight is 534 g/mol. The molecule has 1 amide bonds. The van der Waals surface area contributed by atoms with E-state index in [1.807, 2.05) is 0 Å². The van der Waals surface area contributed by atoms with Crippen LogP contribution in [0.5, 0.6) is 5.75 Å². The van der Waals surface area contributed by atoms with Crippen LogP contribution in [0.1, 0.15) is 44.5 Å². The number of nitriles is 2. The van der Waals surface area contributed by atoms with Gasteiger partial charge in [0, 0.05) is 18.2 Å². The van der Waals surface area contributed by atoms with Crippen LogP contribution in [0.25, 0.3) is 0 Å². The van der Waals surface area contributed by atoms with E-state index in [4.69, 9.17) is 0 Å². The number of hydrogen-bond donors (Lipinski definition) is 2. The normalized spacial score (nSPS) is 12.0. The Labute approximate surface area is 218 Å². The van der Waals surface area contributed by atoms with Gasteiger partial charge in [0.05, 0.1) is 29.5 Å². The minimum atomic E-state index is -3.59. The molecule has 2 aromatic heterocycles. The third kappa shape index (κ3) is 4.57. The predicted octanol–water partition coefficient (Wildman–Crippen LogP) is 3.73. The smallest absolute Gasteiger partial charge is 0.296 e. The van der Waals surface area contributed by atoms with E-state index in [0.717, 1.165) is 31.6 Å². The zero-order chi connectivity index (χ0) is 28.3. The summed E-state index contributed by atoms with van der Waals surface area (Å²) in [7, 11) is 0.967. The van der Waals surface area contributed by atoms with Crippen LogP contribution in [0.4, 0.5) is 18.9 Å². The second-order valence-corrected chi connectivity index (χ2v) is 8.24. The van der Waals surface area contributed by atoms with Crippen molar-refractivity contribution in [3.05, 3.63) is 105 Å². The lowest BCUT2D eigenvalue weighted by molar-refractivity contribution is 0.0253. The first kappa shape index (κ1) is 26.6. The fraction of sp³-hybridized carbons (Fsp3) is 0.154. The predicted molar refractivity (Wildman–Crippen MR) is 129 cm³/mol. The molecular weight excluding hydrogens is 517 g/mol. The second kappa shape index (κ2) is 10.5. The van der Waals surface area contributed by atoms with Crippen molar-refractivity contribution in [2.45, 2.75) is 18.0 Å². The fourth-order valence-electron chi connectivity index (χ4n) is 4.24. The van der Waals surface area contributed by atoms with Crippen molar-refractivity contribution >= 4 is 11.6 Å². The van der Waals surface area contributed by atoms with Crippen LogP contribution in [0.3, 0.4) is 0 Å². The third-order valence-electron chi connectivity index (χ3n) is 6.04. The Morgan fingerprint density at radius 2 is 1.67 bits per heavy atom. The van der Waals surface area contributed by atoms with Gasteiger partial charge in [-0.15, -0.1) is 0 Å². The number of carbonyl (C=O) groups is 1. The molecule has 0 saturated carbocycles. The van der Waals surface area contributed by atoms with Crippen LogP contribution in [0.2, 0.25) is 0 Å². The molecule has 2 heterocycles. The van der Waals surface area contributed by atoms with Gasteiger partial charge in [0.2, 0.25) is 5.75 Å². The Morgan fingerprint density at radius 1 is 1.10 bits per heavy atom. The number of anilines is 1. The van der Waals surface area contributed by atoms with Crippen LogP contribution in [-0.2, 0) is 12.7 Å². The third-order valence-corrected chi connectivity index (χ3v) is 6.04. The maximum absolute atomic E-state index is 17.7. The molecule has 10 nitrogen and oxygen atoms in total. The number of nitrogens with one attached hydrogen (secondary N) is 1. The summed E-state index contributed by atoms with van der Waals surface area (Å²) in [5.74, 6) is -5.93. The molecule has 0 bridgehead atoms. The molecule has 2 N–H and O–H groups in total. The van der Waals surface area contributed by atoms with Crippen molar-refractivity contribution in [3.63, 3.8) is 0 Å². The number of alkyl halides is 3.